The first-order chi connectivity index (χ1) is 8.52. The topological polar surface area (TPSA) is 24.5 Å². The number of rotatable bonds is 5. The van der Waals surface area contributed by atoms with E-state index in [2.05, 4.69) is 43.4 Å². The summed E-state index contributed by atoms with van der Waals surface area (Å²) < 4.78 is 5.08. The molecule has 100 valence electrons. The zero-order chi connectivity index (χ0) is 13.5. The summed E-state index contributed by atoms with van der Waals surface area (Å²) in [5.74, 6) is 0. The van der Waals surface area contributed by atoms with Crippen LogP contribution in [0, 0.1) is 6.92 Å². The van der Waals surface area contributed by atoms with Crippen molar-refractivity contribution >= 4 is 17.3 Å². The van der Waals surface area contributed by atoms with E-state index in [-0.39, 0.29) is 6.04 Å². The van der Waals surface area contributed by atoms with Gasteiger partial charge in [-0.2, -0.15) is 0 Å². The van der Waals surface area contributed by atoms with Crippen LogP contribution >= 0.6 is 12.2 Å². The zero-order valence-electron chi connectivity index (χ0n) is 11.6. The van der Waals surface area contributed by atoms with Crippen LogP contribution in [-0.4, -0.2) is 36.8 Å². The van der Waals surface area contributed by atoms with Crippen molar-refractivity contribution in [1.29, 1.82) is 0 Å². The smallest absolute Gasteiger partial charge is 0.169 e. The normalized spacial score (nSPS) is 12.0. The van der Waals surface area contributed by atoms with Crippen molar-refractivity contribution in [2.75, 3.05) is 20.8 Å². The summed E-state index contributed by atoms with van der Waals surface area (Å²) in [6.07, 6.45) is 0. The van der Waals surface area contributed by atoms with Crippen molar-refractivity contribution in [2.24, 2.45) is 0 Å². The van der Waals surface area contributed by atoms with Crippen LogP contribution in [0.15, 0.2) is 24.3 Å². The monoisotopic (exact) mass is 266 g/mol. The van der Waals surface area contributed by atoms with Crippen molar-refractivity contribution in [3.8, 4) is 0 Å². The van der Waals surface area contributed by atoms with E-state index in [1.165, 1.54) is 11.1 Å². The zero-order valence-corrected chi connectivity index (χ0v) is 12.4. The second-order valence-electron chi connectivity index (χ2n) is 4.65. The molecule has 18 heavy (non-hydrogen) atoms. The van der Waals surface area contributed by atoms with Gasteiger partial charge in [0.2, 0.25) is 0 Å². The van der Waals surface area contributed by atoms with Gasteiger partial charge in [-0.25, -0.2) is 0 Å². The minimum Gasteiger partial charge on any atom is -0.383 e. The molecule has 0 heterocycles. The predicted octanol–water partition coefficient (Wildman–Crippen LogP) is 2.34. The maximum Gasteiger partial charge on any atom is 0.169 e. The number of methoxy groups -OCH3 is 1. The third-order valence-corrected chi connectivity index (χ3v) is 3.06. The quantitative estimate of drug-likeness (QED) is 0.827. The largest absolute Gasteiger partial charge is 0.383 e. The minimum atomic E-state index is 0.224. The summed E-state index contributed by atoms with van der Waals surface area (Å²) in [6, 6.07) is 8.69. The molecule has 0 radical (unpaired) electrons. The molecule has 0 fully saturated rings. The van der Waals surface area contributed by atoms with Gasteiger partial charge in [-0.3, -0.25) is 0 Å². The van der Waals surface area contributed by atoms with E-state index in [9.17, 15) is 0 Å². The number of aryl methyl sites for hydroxylation is 1. The highest BCUT2D eigenvalue weighted by molar-refractivity contribution is 7.80. The highest BCUT2D eigenvalue weighted by Crippen LogP contribution is 2.06. The van der Waals surface area contributed by atoms with Crippen molar-refractivity contribution in [3.63, 3.8) is 0 Å². The van der Waals surface area contributed by atoms with Crippen molar-refractivity contribution in [2.45, 2.75) is 26.4 Å². The summed E-state index contributed by atoms with van der Waals surface area (Å²) in [5, 5.41) is 4.00. The average molecular weight is 266 g/mol. The second-order valence-corrected chi connectivity index (χ2v) is 5.04. The maximum atomic E-state index is 5.36. The van der Waals surface area contributed by atoms with Gasteiger partial charge in [0, 0.05) is 26.7 Å². The lowest BCUT2D eigenvalue weighted by molar-refractivity contribution is 0.178. The fourth-order valence-electron chi connectivity index (χ4n) is 1.77. The van der Waals surface area contributed by atoms with Gasteiger partial charge in [-0.15, -0.1) is 0 Å². The van der Waals surface area contributed by atoms with Gasteiger partial charge >= 0.3 is 0 Å². The van der Waals surface area contributed by atoms with Crippen molar-refractivity contribution < 1.29 is 4.74 Å². The van der Waals surface area contributed by atoms with E-state index in [1.807, 2.05) is 11.9 Å². The summed E-state index contributed by atoms with van der Waals surface area (Å²) in [5.41, 5.74) is 2.54. The van der Waals surface area contributed by atoms with Gasteiger partial charge in [0.15, 0.2) is 5.11 Å². The van der Waals surface area contributed by atoms with Gasteiger partial charge in [0.1, 0.15) is 0 Å². The molecule has 0 aliphatic heterocycles. The average Bonchev–Trinajstić information content (AvgIpc) is 2.29. The Balaban J connectivity index is 2.49. The summed E-state index contributed by atoms with van der Waals surface area (Å²) in [6.45, 7) is 5.61. The Morgan fingerprint density at radius 1 is 1.50 bits per heavy atom. The molecule has 3 nitrogen and oxygen atoms in total. The third-order valence-electron chi connectivity index (χ3n) is 2.64. The van der Waals surface area contributed by atoms with Gasteiger partial charge < -0.3 is 15.0 Å². The van der Waals surface area contributed by atoms with Gasteiger partial charge in [0.25, 0.3) is 0 Å². The lowest BCUT2D eigenvalue weighted by Gasteiger charge is -2.24. The molecule has 0 bridgehead atoms. The molecule has 0 saturated heterocycles. The molecule has 0 aliphatic rings. The van der Waals surface area contributed by atoms with Crippen LogP contribution in [0.4, 0.5) is 0 Å². The van der Waals surface area contributed by atoms with E-state index in [4.69, 9.17) is 17.0 Å². The molecule has 1 unspecified atom stereocenters. The number of thiocarbonyl (C=S) groups is 1. The van der Waals surface area contributed by atoms with Crippen LogP contribution in [0.5, 0.6) is 0 Å². The Kier molecular flexibility index (Phi) is 6.09. The van der Waals surface area contributed by atoms with Gasteiger partial charge in [-0.05, 0) is 31.6 Å². The molecule has 1 aromatic carbocycles. The van der Waals surface area contributed by atoms with Crippen molar-refractivity contribution in [3.05, 3.63) is 35.4 Å². The van der Waals surface area contributed by atoms with Crippen LogP contribution in [0.3, 0.4) is 0 Å². The Morgan fingerprint density at radius 3 is 2.83 bits per heavy atom. The molecule has 0 saturated carbocycles. The molecule has 0 aliphatic carbocycles. The van der Waals surface area contributed by atoms with Crippen LogP contribution in [0.1, 0.15) is 18.1 Å². The van der Waals surface area contributed by atoms with E-state index in [0.717, 1.165) is 11.7 Å². The van der Waals surface area contributed by atoms with E-state index in [1.54, 1.807) is 7.11 Å². The lowest BCUT2D eigenvalue weighted by atomic mass is 10.1. The van der Waals surface area contributed by atoms with E-state index in [0.29, 0.717) is 6.61 Å². The highest BCUT2D eigenvalue weighted by atomic mass is 32.1. The highest BCUT2D eigenvalue weighted by Gasteiger charge is 2.08. The summed E-state index contributed by atoms with van der Waals surface area (Å²) in [7, 11) is 3.69. The molecule has 1 aromatic rings. The molecule has 1 N–H and O–H groups in total. The lowest BCUT2D eigenvalue weighted by Crippen LogP contribution is -2.43. The number of ether oxygens (including phenoxy) is 1. The van der Waals surface area contributed by atoms with Gasteiger partial charge in [-0.1, -0.05) is 29.8 Å². The third kappa shape index (κ3) is 5.02. The fourth-order valence-corrected chi connectivity index (χ4v) is 2.03. The van der Waals surface area contributed by atoms with Crippen LogP contribution in [0.25, 0.3) is 0 Å². The molecule has 1 atom stereocenters. The molecular weight excluding hydrogens is 244 g/mol. The van der Waals surface area contributed by atoms with Crippen LogP contribution < -0.4 is 5.32 Å². The molecule has 1 rings (SSSR count). The van der Waals surface area contributed by atoms with E-state index < -0.39 is 0 Å². The molecule has 0 amide bonds. The number of benzene rings is 1. The maximum absolute atomic E-state index is 5.36. The van der Waals surface area contributed by atoms with E-state index >= 15 is 0 Å². The molecule has 0 spiro atoms. The van der Waals surface area contributed by atoms with Crippen LogP contribution in [0.2, 0.25) is 0 Å². The SMILES string of the molecule is COCC(C)NC(=S)N(C)Cc1cccc(C)c1. The summed E-state index contributed by atoms with van der Waals surface area (Å²) >= 11 is 5.36. The Labute approximate surface area is 115 Å². The molecule has 0 aromatic heterocycles. The minimum absolute atomic E-state index is 0.224. The summed E-state index contributed by atoms with van der Waals surface area (Å²) in [4.78, 5) is 2.04. The first kappa shape index (κ1) is 14.9. The Morgan fingerprint density at radius 2 is 2.22 bits per heavy atom. The fraction of sp³-hybridized carbons (Fsp3) is 0.500. The van der Waals surface area contributed by atoms with Gasteiger partial charge in [0.05, 0.1) is 6.61 Å². The number of nitrogens with zero attached hydrogens (tertiary/aromatic N) is 1. The first-order valence-electron chi connectivity index (χ1n) is 6.09. The molecule has 4 heteroatoms. The second kappa shape index (κ2) is 7.34. The number of hydrogen-bond acceptors (Lipinski definition) is 2. The predicted molar refractivity (Wildman–Crippen MR) is 79.7 cm³/mol. The number of hydrogen-bond donors (Lipinski definition) is 1. The molecular formula is C14H22N2OS. The van der Waals surface area contributed by atoms with Crippen molar-refractivity contribution in [1.82, 2.24) is 10.2 Å². The standard InChI is InChI=1S/C14H22N2OS/c1-11-6-5-7-13(8-11)9-16(3)14(18)15-12(2)10-17-4/h5-8,12H,9-10H2,1-4H3,(H,15,18). The number of nitrogens with one attached hydrogen (secondary N) is 1. The van der Waals surface area contributed by atoms with Crippen LogP contribution in [-0.2, 0) is 11.3 Å². The first-order valence-corrected chi connectivity index (χ1v) is 6.50. The Bertz CT molecular complexity index is 395. The Hall–Kier alpha value is -1.13.